The second kappa shape index (κ2) is 8.14. The molecule has 2 N–H and O–H groups in total. The Bertz CT molecular complexity index is 1020. The minimum Gasteiger partial charge on any atom is -0.495 e. The summed E-state index contributed by atoms with van der Waals surface area (Å²) < 4.78 is 5.23. The average Bonchev–Trinajstić information content (AvgIpc) is 2.89. The number of nitrogens with one attached hydrogen (secondary N) is 2. The summed E-state index contributed by atoms with van der Waals surface area (Å²) in [5, 5.41) is 5.32. The molecule has 0 fully saturated rings. The highest BCUT2D eigenvalue weighted by atomic mass is 16.5. The molecule has 0 aromatic heterocycles. The standard InChI is InChI=1S/C21H21N3O5/c1-12-4-6-15-16(10-12)21(28)24(20(15)27)9-8-19(26)23-17-11-14(22-13(2)25)5-7-18(17)29-3/h4-7,10-11H,8-9H2,1-3H3,(H,22,25)(H,23,26). The van der Waals surface area contributed by atoms with Gasteiger partial charge in [0.05, 0.1) is 23.9 Å². The first-order valence-electron chi connectivity index (χ1n) is 9.02. The van der Waals surface area contributed by atoms with E-state index in [1.807, 2.05) is 6.92 Å². The van der Waals surface area contributed by atoms with Gasteiger partial charge in [0, 0.05) is 25.6 Å². The monoisotopic (exact) mass is 395 g/mol. The summed E-state index contributed by atoms with van der Waals surface area (Å²) in [7, 11) is 1.46. The first kappa shape index (κ1) is 20.1. The topological polar surface area (TPSA) is 105 Å². The molecule has 4 amide bonds. The van der Waals surface area contributed by atoms with Crippen LogP contribution < -0.4 is 15.4 Å². The number of rotatable bonds is 6. The molecule has 0 saturated heterocycles. The number of methoxy groups -OCH3 is 1. The van der Waals surface area contributed by atoms with Crippen molar-refractivity contribution in [3.05, 3.63) is 53.1 Å². The molecule has 8 nitrogen and oxygen atoms in total. The molecule has 150 valence electrons. The third-order valence-electron chi connectivity index (χ3n) is 4.48. The summed E-state index contributed by atoms with van der Waals surface area (Å²) in [4.78, 5) is 49.7. The molecule has 1 aliphatic rings. The minimum atomic E-state index is -0.400. The van der Waals surface area contributed by atoms with Gasteiger partial charge in [-0.2, -0.15) is 0 Å². The second-order valence-electron chi connectivity index (χ2n) is 6.71. The fourth-order valence-electron chi connectivity index (χ4n) is 3.12. The maximum atomic E-state index is 12.5. The number of carbonyl (C=O) groups excluding carboxylic acids is 4. The molecule has 0 atom stereocenters. The molecule has 1 aliphatic heterocycles. The molecule has 0 saturated carbocycles. The van der Waals surface area contributed by atoms with Gasteiger partial charge in [0.25, 0.3) is 11.8 Å². The zero-order valence-electron chi connectivity index (χ0n) is 16.4. The van der Waals surface area contributed by atoms with Crippen LogP contribution in [0.2, 0.25) is 0 Å². The van der Waals surface area contributed by atoms with Crippen LogP contribution in [-0.4, -0.2) is 42.2 Å². The molecule has 0 bridgehead atoms. The number of anilines is 2. The largest absolute Gasteiger partial charge is 0.495 e. The number of fused-ring (bicyclic) bond motifs is 1. The van der Waals surface area contributed by atoms with E-state index in [4.69, 9.17) is 4.74 Å². The van der Waals surface area contributed by atoms with Gasteiger partial charge in [0.15, 0.2) is 0 Å². The van der Waals surface area contributed by atoms with Crippen molar-refractivity contribution in [3.8, 4) is 5.75 Å². The molecular weight excluding hydrogens is 374 g/mol. The lowest BCUT2D eigenvalue weighted by atomic mass is 10.1. The lowest BCUT2D eigenvalue weighted by Gasteiger charge is -2.15. The maximum absolute atomic E-state index is 12.5. The van der Waals surface area contributed by atoms with Crippen LogP contribution in [0.1, 0.15) is 39.6 Å². The Balaban J connectivity index is 1.67. The first-order valence-corrected chi connectivity index (χ1v) is 9.02. The Morgan fingerprint density at radius 2 is 1.72 bits per heavy atom. The van der Waals surface area contributed by atoms with Gasteiger partial charge in [-0.25, -0.2) is 0 Å². The van der Waals surface area contributed by atoms with Crippen molar-refractivity contribution >= 4 is 35.0 Å². The lowest BCUT2D eigenvalue weighted by molar-refractivity contribution is -0.116. The fraction of sp³-hybridized carbons (Fsp3) is 0.238. The molecule has 1 heterocycles. The van der Waals surface area contributed by atoms with Crippen molar-refractivity contribution in [2.45, 2.75) is 20.3 Å². The molecular formula is C21H21N3O5. The Morgan fingerprint density at radius 1 is 1.00 bits per heavy atom. The van der Waals surface area contributed by atoms with E-state index in [-0.39, 0.29) is 18.9 Å². The van der Waals surface area contributed by atoms with Gasteiger partial charge < -0.3 is 15.4 Å². The van der Waals surface area contributed by atoms with E-state index in [1.54, 1.807) is 36.4 Å². The van der Waals surface area contributed by atoms with Crippen molar-refractivity contribution in [1.82, 2.24) is 4.90 Å². The van der Waals surface area contributed by atoms with Gasteiger partial charge in [0.2, 0.25) is 11.8 Å². The Labute approximate surface area is 167 Å². The number of benzene rings is 2. The zero-order chi connectivity index (χ0) is 21.1. The smallest absolute Gasteiger partial charge is 0.261 e. The average molecular weight is 395 g/mol. The highest BCUT2D eigenvalue weighted by Gasteiger charge is 2.35. The highest BCUT2D eigenvalue weighted by Crippen LogP contribution is 2.28. The Kier molecular flexibility index (Phi) is 5.63. The van der Waals surface area contributed by atoms with Crippen molar-refractivity contribution in [2.24, 2.45) is 0 Å². The van der Waals surface area contributed by atoms with E-state index in [2.05, 4.69) is 10.6 Å². The van der Waals surface area contributed by atoms with Crippen LogP contribution in [0, 0.1) is 6.92 Å². The van der Waals surface area contributed by atoms with Crippen LogP contribution in [0.25, 0.3) is 0 Å². The van der Waals surface area contributed by atoms with Gasteiger partial charge in [-0.1, -0.05) is 11.6 Å². The van der Waals surface area contributed by atoms with Crippen LogP contribution in [0.15, 0.2) is 36.4 Å². The number of ether oxygens (including phenoxy) is 1. The van der Waals surface area contributed by atoms with Crippen molar-refractivity contribution in [2.75, 3.05) is 24.3 Å². The summed E-state index contributed by atoms with van der Waals surface area (Å²) in [5.41, 5.74) is 2.48. The molecule has 0 spiro atoms. The van der Waals surface area contributed by atoms with Crippen molar-refractivity contribution in [3.63, 3.8) is 0 Å². The summed E-state index contributed by atoms with van der Waals surface area (Å²) in [5.74, 6) is -1.01. The van der Waals surface area contributed by atoms with E-state index in [0.717, 1.165) is 10.5 Å². The zero-order valence-corrected chi connectivity index (χ0v) is 16.4. The molecule has 0 radical (unpaired) electrons. The summed E-state index contributed by atoms with van der Waals surface area (Å²) in [6.45, 7) is 3.19. The van der Waals surface area contributed by atoms with Crippen molar-refractivity contribution < 1.29 is 23.9 Å². The maximum Gasteiger partial charge on any atom is 0.261 e. The van der Waals surface area contributed by atoms with E-state index >= 15 is 0 Å². The van der Waals surface area contributed by atoms with Gasteiger partial charge in [-0.3, -0.25) is 24.1 Å². The van der Waals surface area contributed by atoms with E-state index < -0.39 is 17.7 Å². The number of hydrogen-bond donors (Lipinski definition) is 2. The van der Waals surface area contributed by atoms with Crippen molar-refractivity contribution in [1.29, 1.82) is 0 Å². The highest BCUT2D eigenvalue weighted by molar-refractivity contribution is 6.21. The summed E-state index contributed by atoms with van der Waals surface area (Å²) in [6.07, 6.45) is -0.0715. The molecule has 0 aliphatic carbocycles. The molecule has 2 aromatic carbocycles. The number of carbonyl (C=O) groups is 4. The normalized spacial score (nSPS) is 12.6. The molecule has 29 heavy (non-hydrogen) atoms. The van der Waals surface area contributed by atoms with E-state index in [9.17, 15) is 19.2 Å². The summed E-state index contributed by atoms with van der Waals surface area (Å²) in [6, 6.07) is 9.92. The SMILES string of the molecule is COc1ccc(NC(C)=O)cc1NC(=O)CCN1C(=O)c2ccc(C)cc2C1=O. The first-order chi connectivity index (χ1) is 13.8. The van der Waals surface area contributed by atoms with Gasteiger partial charge >= 0.3 is 0 Å². The van der Waals surface area contributed by atoms with Crippen LogP contribution in [0.4, 0.5) is 11.4 Å². The number of nitrogens with zero attached hydrogens (tertiary/aromatic N) is 1. The third-order valence-corrected chi connectivity index (χ3v) is 4.48. The number of aryl methyl sites for hydroxylation is 1. The quantitative estimate of drug-likeness (QED) is 0.732. The Hall–Kier alpha value is -3.68. The molecule has 8 heteroatoms. The van der Waals surface area contributed by atoms with Gasteiger partial charge in [-0.05, 0) is 37.3 Å². The number of amides is 4. The lowest BCUT2D eigenvalue weighted by Crippen LogP contribution is -2.32. The van der Waals surface area contributed by atoms with Crippen LogP contribution in [0.3, 0.4) is 0 Å². The van der Waals surface area contributed by atoms with E-state index in [0.29, 0.717) is 28.3 Å². The molecule has 2 aromatic rings. The second-order valence-corrected chi connectivity index (χ2v) is 6.71. The van der Waals surface area contributed by atoms with Crippen LogP contribution >= 0.6 is 0 Å². The predicted molar refractivity (Wildman–Crippen MR) is 107 cm³/mol. The number of hydrogen-bond acceptors (Lipinski definition) is 5. The van der Waals surface area contributed by atoms with E-state index in [1.165, 1.54) is 14.0 Å². The molecule has 3 rings (SSSR count). The number of imide groups is 1. The fourth-order valence-corrected chi connectivity index (χ4v) is 3.12. The molecule has 0 unspecified atom stereocenters. The van der Waals surface area contributed by atoms with Gasteiger partial charge in [-0.15, -0.1) is 0 Å². The predicted octanol–water partition coefficient (Wildman–Crippen LogP) is 2.59. The van der Waals surface area contributed by atoms with Crippen LogP contribution in [0.5, 0.6) is 5.75 Å². The minimum absolute atomic E-state index is 0.0368. The third kappa shape index (κ3) is 4.26. The van der Waals surface area contributed by atoms with Gasteiger partial charge in [0.1, 0.15) is 5.75 Å². The van der Waals surface area contributed by atoms with Crippen LogP contribution in [-0.2, 0) is 9.59 Å². The summed E-state index contributed by atoms with van der Waals surface area (Å²) >= 11 is 0. The Morgan fingerprint density at radius 3 is 2.41 bits per heavy atom.